The number of nitrogens with one attached hydrogen (secondary N) is 2. The average molecular weight is 466 g/mol. The van der Waals surface area contributed by atoms with Gasteiger partial charge in [-0.25, -0.2) is 0 Å². The predicted molar refractivity (Wildman–Crippen MR) is 121 cm³/mol. The van der Waals surface area contributed by atoms with Crippen LogP contribution >= 0.6 is 35.0 Å². The van der Waals surface area contributed by atoms with Crippen LogP contribution in [0.15, 0.2) is 47.4 Å². The molecule has 0 spiro atoms. The molecule has 3 rings (SSSR count). The molecular weight excluding hydrogens is 445 g/mol. The number of hydrogen-bond acceptors (Lipinski definition) is 4. The first kappa shape index (κ1) is 22.5. The Labute approximate surface area is 189 Å². The minimum absolute atomic E-state index is 0.00996. The van der Waals surface area contributed by atoms with Crippen LogP contribution < -0.4 is 10.6 Å². The maximum Gasteiger partial charge on any atom is 0.244 e. The molecule has 1 aliphatic heterocycles. The number of para-hydroxylation sites is 1. The van der Waals surface area contributed by atoms with Crippen LogP contribution in [-0.2, 0) is 14.4 Å². The lowest BCUT2D eigenvalue weighted by molar-refractivity contribution is -0.135. The number of thioether (sulfide) groups is 1. The van der Waals surface area contributed by atoms with Gasteiger partial charge in [0.15, 0.2) is 0 Å². The maximum absolute atomic E-state index is 12.9. The fourth-order valence-corrected chi connectivity index (χ4v) is 4.47. The van der Waals surface area contributed by atoms with Gasteiger partial charge in [0.1, 0.15) is 0 Å². The number of carbonyl (C=O) groups excluding carboxylic acids is 3. The van der Waals surface area contributed by atoms with Crippen LogP contribution in [0.3, 0.4) is 0 Å². The van der Waals surface area contributed by atoms with E-state index in [0.717, 1.165) is 10.6 Å². The normalized spacial score (nSPS) is 15.2. The molecule has 1 atom stereocenters. The SMILES string of the molecule is CCCN(CC(=O)Nc1cc(Cl)ccc1Cl)C(=O)CC1Sc2ccccc2NC1=O. The van der Waals surface area contributed by atoms with E-state index in [4.69, 9.17) is 23.2 Å². The van der Waals surface area contributed by atoms with Gasteiger partial charge in [0.05, 0.1) is 28.2 Å². The first-order valence-corrected chi connectivity index (χ1v) is 11.1. The summed E-state index contributed by atoms with van der Waals surface area (Å²) in [7, 11) is 0. The number of halogens is 2. The molecule has 30 heavy (non-hydrogen) atoms. The van der Waals surface area contributed by atoms with Gasteiger partial charge in [0.2, 0.25) is 17.7 Å². The van der Waals surface area contributed by atoms with E-state index in [0.29, 0.717) is 28.7 Å². The zero-order valence-corrected chi connectivity index (χ0v) is 18.6. The molecule has 9 heteroatoms. The number of carbonyl (C=O) groups is 3. The zero-order valence-electron chi connectivity index (χ0n) is 16.3. The van der Waals surface area contributed by atoms with Crippen LogP contribution in [0.1, 0.15) is 19.8 Å². The summed E-state index contributed by atoms with van der Waals surface area (Å²) >= 11 is 13.4. The number of amides is 3. The molecule has 0 fully saturated rings. The molecule has 0 radical (unpaired) electrons. The summed E-state index contributed by atoms with van der Waals surface area (Å²) in [6.45, 7) is 2.20. The first-order chi connectivity index (χ1) is 14.4. The van der Waals surface area contributed by atoms with Crippen molar-refractivity contribution in [2.75, 3.05) is 23.7 Å². The van der Waals surface area contributed by atoms with E-state index in [1.54, 1.807) is 18.2 Å². The number of rotatable bonds is 7. The fraction of sp³-hybridized carbons (Fsp3) is 0.286. The molecule has 0 bridgehead atoms. The van der Waals surface area contributed by atoms with Crippen LogP contribution in [0.25, 0.3) is 0 Å². The summed E-state index contributed by atoms with van der Waals surface area (Å²) in [6.07, 6.45) is 0.694. The molecule has 6 nitrogen and oxygen atoms in total. The molecule has 2 aromatic carbocycles. The van der Waals surface area contributed by atoms with E-state index in [-0.39, 0.29) is 30.7 Å². The standard InChI is InChI=1S/C21H21Cl2N3O3S/c1-2-9-26(12-19(27)24-16-10-13(22)7-8-14(16)23)20(28)11-18-21(29)25-15-5-3-4-6-17(15)30-18/h3-8,10,18H,2,9,11-12H2,1H3,(H,24,27)(H,25,29). The number of anilines is 2. The third-order valence-corrected chi connectivity index (χ3v) is 6.29. The van der Waals surface area contributed by atoms with Crippen molar-refractivity contribution < 1.29 is 14.4 Å². The average Bonchev–Trinajstić information content (AvgIpc) is 2.71. The molecule has 0 saturated carbocycles. The van der Waals surface area contributed by atoms with Crippen molar-refractivity contribution in [3.05, 3.63) is 52.5 Å². The predicted octanol–water partition coefficient (Wildman–Crippen LogP) is 4.67. The molecule has 0 aromatic heterocycles. The van der Waals surface area contributed by atoms with Crippen molar-refractivity contribution in [1.82, 2.24) is 4.90 Å². The van der Waals surface area contributed by atoms with Crippen molar-refractivity contribution in [2.24, 2.45) is 0 Å². The summed E-state index contributed by atoms with van der Waals surface area (Å²) in [5.41, 5.74) is 1.14. The third kappa shape index (κ3) is 5.68. The number of benzene rings is 2. The molecule has 3 amide bonds. The van der Waals surface area contributed by atoms with Gasteiger partial charge < -0.3 is 15.5 Å². The van der Waals surface area contributed by atoms with Crippen molar-refractivity contribution in [1.29, 1.82) is 0 Å². The van der Waals surface area contributed by atoms with Gasteiger partial charge in [-0.1, -0.05) is 42.3 Å². The Hall–Kier alpha value is -2.22. The van der Waals surface area contributed by atoms with Crippen LogP contribution in [-0.4, -0.2) is 41.0 Å². The van der Waals surface area contributed by atoms with Crippen LogP contribution in [0.4, 0.5) is 11.4 Å². The van der Waals surface area contributed by atoms with E-state index in [1.165, 1.54) is 16.7 Å². The van der Waals surface area contributed by atoms with Crippen molar-refractivity contribution >= 4 is 64.1 Å². The van der Waals surface area contributed by atoms with Gasteiger partial charge in [-0.15, -0.1) is 11.8 Å². The second kappa shape index (κ2) is 10.2. The number of nitrogens with zero attached hydrogens (tertiary/aromatic N) is 1. The summed E-state index contributed by atoms with van der Waals surface area (Å²) < 4.78 is 0. The summed E-state index contributed by atoms with van der Waals surface area (Å²) in [6, 6.07) is 12.2. The summed E-state index contributed by atoms with van der Waals surface area (Å²) in [5.74, 6) is -0.845. The lowest BCUT2D eigenvalue weighted by Crippen LogP contribution is -2.41. The Morgan fingerprint density at radius 1 is 1.20 bits per heavy atom. The molecule has 158 valence electrons. The minimum Gasteiger partial charge on any atom is -0.333 e. The highest BCUT2D eigenvalue weighted by Gasteiger charge is 2.30. The van der Waals surface area contributed by atoms with Crippen molar-refractivity contribution in [3.63, 3.8) is 0 Å². The zero-order chi connectivity index (χ0) is 21.7. The molecule has 2 N–H and O–H groups in total. The van der Waals surface area contributed by atoms with Crippen molar-refractivity contribution in [3.8, 4) is 0 Å². The molecule has 1 aliphatic rings. The Morgan fingerprint density at radius 2 is 1.97 bits per heavy atom. The quantitative estimate of drug-likeness (QED) is 0.622. The molecule has 1 heterocycles. The topological polar surface area (TPSA) is 78.5 Å². The van der Waals surface area contributed by atoms with Gasteiger partial charge in [-0.2, -0.15) is 0 Å². The van der Waals surface area contributed by atoms with Gasteiger partial charge in [0.25, 0.3) is 0 Å². The third-order valence-electron chi connectivity index (χ3n) is 4.45. The number of hydrogen-bond donors (Lipinski definition) is 2. The molecule has 1 unspecified atom stereocenters. The van der Waals surface area contributed by atoms with Crippen LogP contribution in [0.2, 0.25) is 10.0 Å². The molecule has 0 aliphatic carbocycles. The van der Waals surface area contributed by atoms with E-state index in [9.17, 15) is 14.4 Å². The van der Waals surface area contributed by atoms with Gasteiger partial charge in [0, 0.05) is 22.9 Å². The largest absolute Gasteiger partial charge is 0.333 e. The maximum atomic E-state index is 12.9. The smallest absolute Gasteiger partial charge is 0.244 e. The van der Waals surface area contributed by atoms with Crippen LogP contribution in [0.5, 0.6) is 0 Å². The molecular formula is C21H21Cl2N3O3S. The highest BCUT2D eigenvalue weighted by atomic mass is 35.5. The van der Waals surface area contributed by atoms with E-state index in [1.807, 2.05) is 31.2 Å². The summed E-state index contributed by atoms with van der Waals surface area (Å²) in [4.78, 5) is 40.1. The highest BCUT2D eigenvalue weighted by Crippen LogP contribution is 2.36. The first-order valence-electron chi connectivity index (χ1n) is 9.46. The van der Waals surface area contributed by atoms with E-state index >= 15 is 0 Å². The van der Waals surface area contributed by atoms with Crippen LogP contribution in [0, 0.1) is 0 Å². The Balaban J connectivity index is 1.64. The summed E-state index contributed by atoms with van der Waals surface area (Å²) in [5, 5.41) is 5.77. The Bertz CT molecular complexity index is 970. The molecule has 0 saturated heterocycles. The van der Waals surface area contributed by atoms with Gasteiger partial charge >= 0.3 is 0 Å². The lowest BCUT2D eigenvalue weighted by Gasteiger charge is -2.27. The Morgan fingerprint density at radius 3 is 2.73 bits per heavy atom. The number of fused-ring (bicyclic) bond motifs is 1. The van der Waals surface area contributed by atoms with Crippen molar-refractivity contribution in [2.45, 2.75) is 29.9 Å². The lowest BCUT2D eigenvalue weighted by atomic mass is 10.2. The fourth-order valence-electron chi connectivity index (χ4n) is 3.03. The van der Waals surface area contributed by atoms with Gasteiger partial charge in [-0.3, -0.25) is 14.4 Å². The second-order valence-electron chi connectivity index (χ2n) is 6.78. The minimum atomic E-state index is -0.544. The second-order valence-corrected chi connectivity index (χ2v) is 8.87. The Kier molecular flexibility index (Phi) is 7.64. The molecule has 2 aromatic rings. The monoisotopic (exact) mass is 465 g/mol. The highest BCUT2D eigenvalue weighted by molar-refractivity contribution is 8.01. The van der Waals surface area contributed by atoms with Gasteiger partial charge in [-0.05, 0) is 36.8 Å². The van der Waals surface area contributed by atoms with E-state index in [2.05, 4.69) is 10.6 Å². The van der Waals surface area contributed by atoms with E-state index < -0.39 is 5.25 Å².